The second-order valence-electron chi connectivity index (χ2n) is 7.57. The van der Waals surface area contributed by atoms with E-state index >= 15 is 0 Å². The summed E-state index contributed by atoms with van der Waals surface area (Å²) in [6.45, 7) is 15.5. The minimum absolute atomic E-state index is 0.0225. The third-order valence-corrected chi connectivity index (χ3v) is 3.30. The van der Waals surface area contributed by atoms with Crippen molar-refractivity contribution >= 4 is 5.78 Å². The Bertz CT molecular complexity index is 280. The summed E-state index contributed by atoms with van der Waals surface area (Å²) in [6.07, 6.45) is 2.54. The van der Waals surface area contributed by atoms with Gasteiger partial charge in [-0.3, -0.25) is 4.79 Å². The zero-order chi connectivity index (χ0) is 14.0. The SMILES string of the molecule is CC(C)(C)NC(CN1CCCC1)C(=O)C(C)(C)C. The highest BCUT2D eigenvalue weighted by molar-refractivity contribution is 5.89. The van der Waals surface area contributed by atoms with E-state index in [0.29, 0.717) is 5.78 Å². The molecule has 1 fully saturated rings. The summed E-state index contributed by atoms with van der Waals surface area (Å²) >= 11 is 0. The number of hydrogen-bond donors (Lipinski definition) is 1. The van der Waals surface area contributed by atoms with E-state index in [4.69, 9.17) is 0 Å². The van der Waals surface area contributed by atoms with Gasteiger partial charge in [-0.15, -0.1) is 0 Å². The molecule has 0 aromatic carbocycles. The maximum Gasteiger partial charge on any atom is 0.156 e. The number of Topliss-reactive ketones (excluding diaryl/α,β-unsaturated/α-hetero) is 1. The molecule has 0 aliphatic carbocycles. The van der Waals surface area contributed by atoms with Crippen molar-refractivity contribution < 1.29 is 4.79 Å². The summed E-state index contributed by atoms with van der Waals surface area (Å²) in [5.74, 6) is 0.323. The van der Waals surface area contributed by atoms with Crippen molar-refractivity contribution in [1.29, 1.82) is 0 Å². The van der Waals surface area contributed by atoms with E-state index in [9.17, 15) is 4.79 Å². The van der Waals surface area contributed by atoms with Gasteiger partial charge < -0.3 is 10.2 Å². The Labute approximate surface area is 112 Å². The molecule has 0 saturated carbocycles. The highest BCUT2D eigenvalue weighted by Gasteiger charge is 2.33. The van der Waals surface area contributed by atoms with Gasteiger partial charge in [0.05, 0.1) is 6.04 Å². The molecule has 1 atom stereocenters. The lowest BCUT2D eigenvalue weighted by Crippen LogP contribution is -2.55. The maximum absolute atomic E-state index is 12.5. The van der Waals surface area contributed by atoms with Gasteiger partial charge in [-0.1, -0.05) is 20.8 Å². The van der Waals surface area contributed by atoms with Crippen molar-refractivity contribution in [3.05, 3.63) is 0 Å². The monoisotopic (exact) mass is 254 g/mol. The zero-order valence-corrected chi connectivity index (χ0v) is 13.0. The van der Waals surface area contributed by atoms with Gasteiger partial charge in [0.15, 0.2) is 5.78 Å². The lowest BCUT2D eigenvalue weighted by Gasteiger charge is -2.34. The second-order valence-corrected chi connectivity index (χ2v) is 7.57. The van der Waals surface area contributed by atoms with Crippen molar-refractivity contribution in [2.24, 2.45) is 5.41 Å². The fourth-order valence-electron chi connectivity index (χ4n) is 2.46. The fourth-order valence-corrected chi connectivity index (χ4v) is 2.46. The molecule has 106 valence electrons. The van der Waals surface area contributed by atoms with Crippen LogP contribution in [0.15, 0.2) is 0 Å². The molecule has 0 aromatic rings. The highest BCUT2D eigenvalue weighted by atomic mass is 16.1. The molecule has 1 aliphatic heterocycles. The fraction of sp³-hybridized carbons (Fsp3) is 0.933. The Morgan fingerprint density at radius 3 is 2.00 bits per heavy atom. The van der Waals surface area contributed by atoms with Gasteiger partial charge in [-0.2, -0.15) is 0 Å². The molecule has 1 rings (SSSR count). The molecule has 0 aromatic heterocycles. The van der Waals surface area contributed by atoms with Crippen LogP contribution in [0.4, 0.5) is 0 Å². The van der Waals surface area contributed by atoms with Crippen LogP contribution in [0.1, 0.15) is 54.4 Å². The molecule has 1 unspecified atom stereocenters. The molecule has 1 N–H and O–H groups in total. The summed E-state index contributed by atoms with van der Waals surface area (Å²) in [7, 11) is 0. The highest BCUT2D eigenvalue weighted by Crippen LogP contribution is 2.20. The summed E-state index contributed by atoms with van der Waals surface area (Å²) in [6, 6.07) is -0.0527. The first kappa shape index (κ1) is 15.6. The Morgan fingerprint density at radius 1 is 1.11 bits per heavy atom. The molecule has 0 spiro atoms. The van der Waals surface area contributed by atoms with Gasteiger partial charge >= 0.3 is 0 Å². The van der Waals surface area contributed by atoms with Gasteiger partial charge in [0.1, 0.15) is 0 Å². The lowest BCUT2D eigenvalue weighted by molar-refractivity contribution is -0.129. The number of nitrogens with one attached hydrogen (secondary N) is 1. The van der Waals surface area contributed by atoms with E-state index in [1.54, 1.807) is 0 Å². The van der Waals surface area contributed by atoms with Crippen molar-refractivity contribution in [3.63, 3.8) is 0 Å². The van der Waals surface area contributed by atoms with Crippen LogP contribution in [0.2, 0.25) is 0 Å². The molecule has 1 saturated heterocycles. The van der Waals surface area contributed by atoms with Gasteiger partial charge in [0, 0.05) is 17.5 Å². The van der Waals surface area contributed by atoms with E-state index in [-0.39, 0.29) is 17.0 Å². The molecular formula is C15H30N2O. The van der Waals surface area contributed by atoms with E-state index in [0.717, 1.165) is 19.6 Å². The van der Waals surface area contributed by atoms with Crippen LogP contribution in [0.5, 0.6) is 0 Å². The molecule has 0 amide bonds. The lowest BCUT2D eigenvalue weighted by atomic mass is 9.85. The molecule has 0 radical (unpaired) electrons. The van der Waals surface area contributed by atoms with E-state index in [2.05, 4.69) is 31.0 Å². The summed E-state index contributed by atoms with van der Waals surface area (Å²) in [5, 5.41) is 3.50. The minimum atomic E-state index is -0.275. The Morgan fingerprint density at radius 2 is 1.61 bits per heavy atom. The largest absolute Gasteiger partial charge is 0.302 e. The third kappa shape index (κ3) is 5.07. The molecular weight excluding hydrogens is 224 g/mol. The average molecular weight is 254 g/mol. The second kappa shape index (κ2) is 5.70. The number of carbonyl (C=O) groups is 1. The molecule has 1 heterocycles. The average Bonchev–Trinajstić information content (AvgIpc) is 2.64. The van der Waals surface area contributed by atoms with Crippen LogP contribution in [-0.2, 0) is 4.79 Å². The Kier molecular flexibility index (Phi) is 4.96. The summed E-state index contributed by atoms with van der Waals surface area (Å²) in [4.78, 5) is 15.0. The predicted molar refractivity (Wildman–Crippen MR) is 76.8 cm³/mol. The van der Waals surface area contributed by atoms with Crippen molar-refractivity contribution in [1.82, 2.24) is 10.2 Å². The molecule has 1 aliphatic rings. The van der Waals surface area contributed by atoms with Crippen molar-refractivity contribution in [2.75, 3.05) is 19.6 Å². The molecule has 3 heteroatoms. The van der Waals surface area contributed by atoms with Crippen LogP contribution in [0.3, 0.4) is 0 Å². The van der Waals surface area contributed by atoms with Gasteiger partial charge in [0.25, 0.3) is 0 Å². The Hall–Kier alpha value is -0.410. The first-order valence-electron chi connectivity index (χ1n) is 7.14. The Balaban J connectivity index is 2.71. The number of ketones is 1. The summed E-state index contributed by atoms with van der Waals surface area (Å²) in [5.41, 5.74) is -0.298. The van der Waals surface area contributed by atoms with Crippen molar-refractivity contribution in [2.45, 2.75) is 66.0 Å². The first-order valence-corrected chi connectivity index (χ1v) is 7.14. The van der Waals surface area contributed by atoms with E-state index < -0.39 is 0 Å². The van der Waals surface area contributed by atoms with Crippen LogP contribution in [0.25, 0.3) is 0 Å². The number of carbonyl (C=O) groups excluding carboxylic acids is 1. The van der Waals surface area contributed by atoms with Crippen LogP contribution < -0.4 is 5.32 Å². The van der Waals surface area contributed by atoms with Crippen LogP contribution in [-0.4, -0.2) is 41.9 Å². The number of hydrogen-bond acceptors (Lipinski definition) is 3. The number of likely N-dealkylation sites (tertiary alicyclic amines) is 1. The van der Waals surface area contributed by atoms with Gasteiger partial charge in [0.2, 0.25) is 0 Å². The quantitative estimate of drug-likeness (QED) is 0.836. The molecule has 18 heavy (non-hydrogen) atoms. The number of rotatable bonds is 4. The number of nitrogens with zero attached hydrogens (tertiary/aromatic N) is 1. The third-order valence-electron chi connectivity index (χ3n) is 3.30. The van der Waals surface area contributed by atoms with E-state index in [1.165, 1.54) is 12.8 Å². The standard InChI is InChI=1S/C15H30N2O/c1-14(2,3)13(18)12(16-15(4,5)6)11-17-9-7-8-10-17/h12,16H,7-11H2,1-6H3. The van der Waals surface area contributed by atoms with E-state index in [1.807, 2.05) is 20.8 Å². The van der Waals surface area contributed by atoms with Crippen molar-refractivity contribution in [3.8, 4) is 0 Å². The normalized spacial score (nSPS) is 20.1. The predicted octanol–water partition coefficient (Wildman–Crippen LogP) is 2.45. The van der Waals surface area contributed by atoms with Gasteiger partial charge in [-0.25, -0.2) is 0 Å². The zero-order valence-electron chi connectivity index (χ0n) is 13.0. The van der Waals surface area contributed by atoms with Crippen LogP contribution >= 0.6 is 0 Å². The first-order chi connectivity index (χ1) is 8.09. The minimum Gasteiger partial charge on any atom is -0.302 e. The maximum atomic E-state index is 12.5. The van der Waals surface area contributed by atoms with Crippen LogP contribution in [0, 0.1) is 5.41 Å². The molecule has 0 bridgehead atoms. The smallest absolute Gasteiger partial charge is 0.156 e. The topological polar surface area (TPSA) is 32.3 Å². The summed E-state index contributed by atoms with van der Waals surface area (Å²) < 4.78 is 0. The molecule has 3 nitrogen and oxygen atoms in total. The van der Waals surface area contributed by atoms with Gasteiger partial charge in [-0.05, 0) is 46.7 Å².